The van der Waals surface area contributed by atoms with Crippen LogP contribution in [0.25, 0.3) is 0 Å². The first-order valence-electron chi connectivity index (χ1n) is 5.58. The molecule has 0 unspecified atom stereocenters. The number of rotatable bonds is 4. The summed E-state index contributed by atoms with van der Waals surface area (Å²) < 4.78 is 6.13. The lowest BCUT2D eigenvalue weighted by atomic mass is 9.91. The van der Waals surface area contributed by atoms with E-state index in [1.165, 1.54) is 17.9 Å². The average Bonchev–Trinajstić information content (AvgIpc) is 2.25. The van der Waals surface area contributed by atoms with Gasteiger partial charge in [0, 0.05) is 12.5 Å². The Kier molecular flexibility index (Phi) is 4.65. The molecule has 100 valence electrons. The highest BCUT2D eigenvalue weighted by Gasteiger charge is 2.21. The lowest BCUT2D eigenvalue weighted by molar-refractivity contribution is 0.107. The standard InChI is InChI=1S/C12H17ClN2O3/c1-12(2,3)9-7-8(10(13)16)11(17)15(14-9)5-6-18-4/h7H,5-6H2,1-4H3. The maximum atomic E-state index is 11.9. The molecule has 1 heterocycles. The number of ether oxygens (including phenoxy) is 1. The number of hydrogen-bond acceptors (Lipinski definition) is 4. The van der Waals surface area contributed by atoms with Crippen LogP contribution in [0.2, 0.25) is 0 Å². The summed E-state index contributed by atoms with van der Waals surface area (Å²) in [4.78, 5) is 23.2. The summed E-state index contributed by atoms with van der Waals surface area (Å²) in [6, 6.07) is 1.46. The number of methoxy groups -OCH3 is 1. The summed E-state index contributed by atoms with van der Waals surface area (Å²) >= 11 is 5.43. The molecule has 0 spiro atoms. The predicted molar refractivity (Wildman–Crippen MR) is 69.3 cm³/mol. The lowest BCUT2D eigenvalue weighted by Crippen LogP contribution is -2.32. The fraction of sp³-hybridized carbons (Fsp3) is 0.583. The van der Waals surface area contributed by atoms with Crippen LogP contribution in [-0.4, -0.2) is 28.7 Å². The highest BCUT2D eigenvalue weighted by atomic mass is 35.5. The molecule has 0 amide bonds. The Morgan fingerprint density at radius 3 is 2.56 bits per heavy atom. The third kappa shape index (κ3) is 3.40. The summed E-state index contributed by atoms with van der Waals surface area (Å²) in [7, 11) is 1.53. The number of carbonyl (C=O) groups is 1. The maximum Gasteiger partial charge on any atom is 0.279 e. The third-order valence-electron chi connectivity index (χ3n) is 2.46. The number of carbonyl (C=O) groups excluding carboxylic acids is 1. The molecule has 18 heavy (non-hydrogen) atoms. The Morgan fingerprint density at radius 1 is 1.50 bits per heavy atom. The molecule has 1 rings (SSSR count). The Labute approximate surface area is 111 Å². The molecule has 0 aliphatic heterocycles. The molecule has 0 saturated heterocycles. The van der Waals surface area contributed by atoms with Gasteiger partial charge in [0.05, 0.1) is 18.8 Å². The molecule has 0 N–H and O–H groups in total. The monoisotopic (exact) mass is 272 g/mol. The Hall–Kier alpha value is -1.20. The van der Waals surface area contributed by atoms with Crippen LogP contribution in [-0.2, 0) is 16.7 Å². The van der Waals surface area contributed by atoms with Crippen molar-refractivity contribution in [3.05, 3.63) is 27.7 Å². The summed E-state index contributed by atoms with van der Waals surface area (Å²) in [6.45, 7) is 6.47. The molecule has 6 heteroatoms. The highest BCUT2D eigenvalue weighted by molar-refractivity contribution is 6.67. The zero-order valence-corrected chi connectivity index (χ0v) is 11.7. The molecule has 0 radical (unpaired) electrons. The number of aromatic nitrogens is 2. The fourth-order valence-corrected chi connectivity index (χ4v) is 1.51. The molecule has 1 aromatic heterocycles. The van der Waals surface area contributed by atoms with E-state index in [2.05, 4.69) is 5.10 Å². The van der Waals surface area contributed by atoms with Crippen molar-refractivity contribution in [2.45, 2.75) is 32.7 Å². The van der Waals surface area contributed by atoms with Crippen LogP contribution in [0.5, 0.6) is 0 Å². The topological polar surface area (TPSA) is 61.2 Å². The van der Waals surface area contributed by atoms with E-state index >= 15 is 0 Å². The molecule has 5 nitrogen and oxygen atoms in total. The van der Waals surface area contributed by atoms with Gasteiger partial charge in [0.25, 0.3) is 10.8 Å². The SMILES string of the molecule is COCCn1nc(C(C)(C)C)cc(C(=O)Cl)c1=O. The highest BCUT2D eigenvalue weighted by Crippen LogP contribution is 2.19. The fourth-order valence-electron chi connectivity index (χ4n) is 1.38. The first-order chi connectivity index (χ1) is 8.27. The minimum atomic E-state index is -0.765. The second-order valence-electron chi connectivity index (χ2n) is 4.99. The first-order valence-corrected chi connectivity index (χ1v) is 5.96. The summed E-state index contributed by atoms with van der Waals surface area (Å²) in [5.41, 5.74) is -0.168. The molecule has 0 aromatic carbocycles. The quantitative estimate of drug-likeness (QED) is 0.781. The van der Waals surface area contributed by atoms with Crippen molar-refractivity contribution in [3.8, 4) is 0 Å². The molecule has 0 saturated carbocycles. The van der Waals surface area contributed by atoms with E-state index in [0.29, 0.717) is 12.3 Å². The van der Waals surface area contributed by atoms with Crippen LogP contribution < -0.4 is 5.56 Å². The number of hydrogen-bond donors (Lipinski definition) is 0. The van der Waals surface area contributed by atoms with Crippen molar-refractivity contribution in [2.24, 2.45) is 0 Å². The summed E-state index contributed by atoms with van der Waals surface area (Å²) in [5, 5.41) is 3.47. The molecule has 0 aliphatic rings. The second kappa shape index (κ2) is 5.63. The van der Waals surface area contributed by atoms with Crippen molar-refractivity contribution in [1.82, 2.24) is 9.78 Å². The van der Waals surface area contributed by atoms with Crippen molar-refractivity contribution >= 4 is 16.8 Å². The van der Waals surface area contributed by atoms with Crippen LogP contribution in [0.1, 0.15) is 36.8 Å². The van der Waals surface area contributed by atoms with Crippen LogP contribution in [0.4, 0.5) is 0 Å². The van der Waals surface area contributed by atoms with Gasteiger partial charge in [0.2, 0.25) is 0 Å². The molecule has 0 atom stereocenters. The van der Waals surface area contributed by atoms with Crippen molar-refractivity contribution in [3.63, 3.8) is 0 Å². The van der Waals surface area contributed by atoms with Gasteiger partial charge in [-0.25, -0.2) is 4.68 Å². The van der Waals surface area contributed by atoms with E-state index in [1.54, 1.807) is 0 Å². The number of halogens is 1. The smallest absolute Gasteiger partial charge is 0.279 e. The second-order valence-corrected chi connectivity index (χ2v) is 5.33. The zero-order chi connectivity index (χ0) is 13.9. The van der Waals surface area contributed by atoms with Crippen LogP contribution >= 0.6 is 11.6 Å². The number of nitrogens with zero attached hydrogens (tertiary/aromatic N) is 2. The van der Waals surface area contributed by atoms with E-state index in [-0.39, 0.29) is 17.5 Å². The van der Waals surface area contributed by atoms with Gasteiger partial charge >= 0.3 is 0 Å². The van der Waals surface area contributed by atoms with Crippen molar-refractivity contribution in [1.29, 1.82) is 0 Å². The molecular formula is C12H17ClN2O3. The lowest BCUT2D eigenvalue weighted by Gasteiger charge is -2.19. The predicted octanol–water partition coefficient (Wildman–Crippen LogP) is 1.57. The largest absolute Gasteiger partial charge is 0.383 e. The Bertz CT molecular complexity index is 503. The summed E-state index contributed by atoms with van der Waals surface area (Å²) in [6.07, 6.45) is 0. The minimum absolute atomic E-state index is 0.0484. The molecule has 1 aromatic rings. The first kappa shape index (κ1) is 14.9. The van der Waals surface area contributed by atoms with Gasteiger partial charge in [-0.3, -0.25) is 9.59 Å². The Morgan fingerprint density at radius 2 is 2.11 bits per heavy atom. The molecular weight excluding hydrogens is 256 g/mol. The average molecular weight is 273 g/mol. The van der Waals surface area contributed by atoms with Gasteiger partial charge in [-0.15, -0.1) is 0 Å². The van der Waals surface area contributed by atoms with Gasteiger partial charge in [-0.05, 0) is 17.7 Å². The van der Waals surface area contributed by atoms with Crippen LogP contribution in [0, 0.1) is 0 Å². The molecule has 0 fully saturated rings. The van der Waals surface area contributed by atoms with Crippen LogP contribution in [0.15, 0.2) is 10.9 Å². The zero-order valence-electron chi connectivity index (χ0n) is 11.0. The van der Waals surface area contributed by atoms with Gasteiger partial charge in [-0.2, -0.15) is 5.10 Å². The van der Waals surface area contributed by atoms with E-state index in [9.17, 15) is 9.59 Å². The van der Waals surface area contributed by atoms with Gasteiger partial charge in [-0.1, -0.05) is 20.8 Å². The van der Waals surface area contributed by atoms with Crippen molar-refractivity contribution in [2.75, 3.05) is 13.7 Å². The summed E-state index contributed by atoms with van der Waals surface area (Å²) in [5.74, 6) is 0. The van der Waals surface area contributed by atoms with Crippen LogP contribution in [0.3, 0.4) is 0 Å². The minimum Gasteiger partial charge on any atom is -0.383 e. The van der Waals surface area contributed by atoms with Crippen molar-refractivity contribution < 1.29 is 9.53 Å². The third-order valence-corrected chi connectivity index (χ3v) is 2.67. The maximum absolute atomic E-state index is 11.9. The van der Waals surface area contributed by atoms with Gasteiger partial charge in [0.1, 0.15) is 5.56 Å². The molecule has 0 aliphatic carbocycles. The van der Waals surface area contributed by atoms with E-state index in [0.717, 1.165) is 0 Å². The van der Waals surface area contributed by atoms with E-state index < -0.39 is 10.8 Å². The van der Waals surface area contributed by atoms with E-state index in [1.807, 2.05) is 20.8 Å². The normalized spacial score (nSPS) is 11.6. The van der Waals surface area contributed by atoms with Gasteiger partial charge in [0.15, 0.2) is 0 Å². The van der Waals surface area contributed by atoms with Gasteiger partial charge < -0.3 is 4.74 Å². The van der Waals surface area contributed by atoms with E-state index in [4.69, 9.17) is 16.3 Å². The molecule has 0 bridgehead atoms. The Balaban J connectivity index is 3.37.